The molecule has 1 atom stereocenters. The van der Waals surface area contributed by atoms with E-state index in [1.54, 1.807) is 0 Å². The lowest BCUT2D eigenvalue weighted by atomic mass is 9.94. The first-order valence-electron chi connectivity index (χ1n) is 12.4. The van der Waals surface area contributed by atoms with E-state index in [0.717, 1.165) is 86.0 Å². The minimum absolute atomic E-state index is 0.180. The molecule has 34 heavy (non-hydrogen) atoms. The van der Waals surface area contributed by atoms with E-state index in [0.29, 0.717) is 0 Å². The SMILES string of the molecule is CC1CCc2c(ccc(-n3cc(N4CCNCC4)cn3)c2Oc2ccccc2)N1C(=O)C1CC1. The normalized spacial score (nSPS) is 20.2. The van der Waals surface area contributed by atoms with Gasteiger partial charge in [0.2, 0.25) is 5.91 Å². The zero-order chi connectivity index (χ0) is 23.1. The molecule has 0 radical (unpaired) electrons. The van der Waals surface area contributed by atoms with Crippen LogP contribution in [0.2, 0.25) is 0 Å². The van der Waals surface area contributed by atoms with Gasteiger partial charge in [-0.1, -0.05) is 18.2 Å². The number of ether oxygens (including phenoxy) is 1. The Hall–Kier alpha value is -3.32. The molecule has 7 nitrogen and oxygen atoms in total. The Balaban J connectivity index is 1.43. The maximum atomic E-state index is 13.2. The van der Waals surface area contributed by atoms with E-state index in [9.17, 15) is 4.79 Å². The highest BCUT2D eigenvalue weighted by Crippen LogP contribution is 2.44. The molecule has 1 saturated carbocycles. The van der Waals surface area contributed by atoms with Gasteiger partial charge in [-0.3, -0.25) is 4.79 Å². The number of hydrogen-bond acceptors (Lipinski definition) is 5. The summed E-state index contributed by atoms with van der Waals surface area (Å²) in [7, 11) is 0. The average molecular weight is 458 g/mol. The number of nitrogens with one attached hydrogen (secondary N) is 1. The van der Waals surface area contributed by atoms with Crippen molar-refractivity contribution in [2.75, 3.05) is 36.0 Å². The third-order valence-corrected chi connectivity index (χ3v) is 7.15. The number of rotatable bonds is 5. The Morgan fingerprint density at radius 3 is 2.56 bits per heavy atom. The predicted octanol–water partition coefficient (Wildman–Crippen LogP) is 4.15. The molecule has 2 aromatic carbocycles. The predicted molar refractivity (Wildman–Crippen MR) is 133 cm³/mol. The fraction of sp³-hybridized carbons (Fsp3) is 0.407. The molecule has 3 aromatic rings. The third kappa shape index (κ3) is 3.94. The highest BCUT2D eigenvalue weighted by Gasteiger charge is 2.39. The Labute approximate surface area is 200 Å². The molecule has 1 unspecified atom stereocenters. The van der Waals surface area contributed by atoms with Crippen molar-refractivity contribution in [1.82, 2.24) is 15.1 Å². The molecule has 1 N–H and O–H groups in total. The molecular formula is C27H31N5O2. The monoisotopic (exact) mass is 457 g/mol. The van der Waals surface area contributed by atoms with Crippen molar-refractivity contribution in [2.45, 2.75) is 38.6 Å². The molecule has 2 aliphatic heterocycles. The fourth-order valence-corrected chi connectivity index (χ4v) is 5.09. The number of carbonyl (C=O) groups excluding carboxylic acids is 1. The van der Waals surface area contributed by atoms with Gasteiger partial charge in [-0.05, 0) is 56.9 Å². The highest BCUT2D eigenvalue weighted by molar-refractivity contribution is 5.98. The number of aromatic nitrogens is 2. The maximum absolute atomic E-state index is 13.2. The lowest BCUT2D eigenvalue weighted by Crippen LogP contribution is -2.43. The van der Waals surface area contributed by atoms with Crippen LogP contribution in [0.25, 0.3) is 5.69 Å². The van der Waals surface area contributed by atoms with Crippen LogP contribution >= 0.6 is 0 Å². The number of carbonyl (C=O) groups is 1. The Morgan fingerprint density at radius 1 is 1.03 bits per heavy atom. The molecule has 1 aliphatic carbocycles. The Kier molecular flexibility index (Phi) is 5.49. The smallest absolute Gasteiger partial charge is 0.230 e. The Bertz CT molecular complexity index is 1180. The number of anilines is 2. The van der Waals surface area contributed by atoms with Gasteiger partial charge in [0.25, 0.3) is 0 Å². The van der Waals surface area contributed by atoms with E-state index in [2.05, 4.69) is 35.5 Å². The molecule has 3 heterocycles. The fourth-order valence-electron chi connectivity index (χ4n) is 5.09. The highest BCUT2D eigenvalue weighted by atomic mass is 16.5. The number of para-hydroxylation sites is 1. The summed E-state index contributed by atoms with van der Waals surface area (Å²) in [6.07, 6.45) is 7.82. The van der Waals surface area contributed by atoms with Gasteiger partial charge >= 0.3 is 0 Å². The van der Waals surface area contributed by atoms with Gasteiger partial charge in [0, 0.05) is 43.7 Å². The van der Waals surface area contributed by atoms with Crippen LogP contribution < -0.4 is 19.9 Å². The molecule has 6 rings (SSSR count). The van der Waals surface area contributed by atoms with Gasteiger partial charge in [0.05, 0.1) is 23.8 Å². The van der Waals surface area contributed by atoms with Gasteiger partial charge < -0.3 is 19.9 Å². The first-order chi connectivity index (χ1) is 16.7. The van der Waals surface area contributed by atoms with Crippen LogP contribution in [0.3, 0.4) is 0 Å². The summed E-state index contributed by atoms with van der Waals surface area (Å²) in [6, 6.07) is 14.2. The first kappa shape index (κ1) is 21.2. The summed E-state index contributed by atoms with van der Waals surface area (Å²) in [4.78, 5) is 17.6. The Morgan fingerprint density at radius 2 is 1.79 bits per heavy atom. The summed E-state index contributed by atoms with van der Waals surface area (Å²) in [6.45, 7) is 6.06. The lowest BCUT2D eigenvalue weighted by molar-refractivity contribution is -0.120. The summed E-state index contributed by atoms with van der Waals surface area (Å²) in [5.74, 6) is 2.01. The van der Waals surface area contributed by atoms with Crippen molar-refractivity contribution in [2.24, 2.45) is 5.92 Å². The van der Waals surface area contributed by atoms with Crippen LogP contribution in [0.4, 0.5) is 11.4 Å². The number of fused-ring (bicyclic) bond motifs is 1. The second-order valence-corrected chi connectivity index (χ2v) is 9.58. The van der Waals surface area contributed by atoms with E-state index < -0.39 is 0 Å². The van der Waals surface area contributed by atoms with E-state index >= 15 is 0 Å². The quantitative estimate of drug-likeness (QED) is 0.624. The van der Waals surface area contributed by atoms with E-state index in [-0.39, 0.29) is 17.9 Å². The van der Waals surface area contributed by atoms with Gasteiger partial charge in [-0.15, -0.1) is 0 Å². The number of piperazine rings is 1. The van der Waals surface area contributed by atoms with Crippen molar-refractivity contribution in [3.05, 3.63) is 60.4 Å². The zero-order valence-corrected chi connectivity index (χ0v) is 19.6. The second kappa shape index (κ2) is 8.80. The van der Waals surface area contributed by atoms with Crippen molar-refractivity contribution in [1.29, 1.82) is 0 Å². The standard InChI is InChI=1S/C27H31N5O2/c1-19-7-10-23-24(32(19)27(33)20-8-9-20)11-12-25(26(23)34-22-5-3-2-4-6-22)31-18-21(17-29-31)30-15-13-28-14-16-30/h2-6,11-12,17-20,28H,7-10,13-16H2,1H3. The number of benzene rings is 2. The number of amides is 1. The lowest BCUT2D eigenvalue weighted by Gasteiger charge is -2.36. The largest absolute Gasteiger partial charge is 0.455 e. The molecule has 2 fully saturated rings. The summed E-state index contributed by atoms with van der Waals surface area (Å²) in [5.41, 5.74) is 4.09. The van der Waals surface area contributed by atoms with Crippen molar-refractivity contribution < 1.29 is 9.53 Å². The topological polar surface area (TPSA) is 62.6 Å². The minimum atomic E-state index is 0.180. The zero-order valence-electron chi connectivity index (χ0n) is 19.6. The number of hydrogen-bond donors (Lipinski definition) is 1. The molecule has 1 amide bonds. The number of nitrogens with zero attached hydrogens (tertiary/aromatic N) is 4. The van der Waals surface area contributed by atoms with Gasteiger partial charge in [0.15, 0.2) is 5.75 Å². The minimum Gasteiger partial charge on any atom is -0.455 e. The van der Waals surface area contributed by atoms with Crippen LogP contribution in [0.1, 0.15) is 31.7 Å². The van der Waals surface area contributed by atoms with Gasteiger partial charge in [-0.25, -0.2) is 4.68 Å². The molecular weight excluding hydrogens is 426 g/mol. The third-order valence-electron chi connectivity index (χ3n) is 7.15. The van der Waals surface area contributed by atoms with Crippen LogP contribution in [0.5, 0.6) is 11.5 Å². The molecule has 0 bridgehead atoms. The second-order valence-electron chi connectivity index (χ2n) is 9.58. The first-order valence-corrected chi connectivity index (χ1v) is 12.4. The van der Waals surface area contributed by atoms with Crippen LogP contribution in [0.15, 0.2) is 54.9 Å². The van der Waals surface area contributed by atoms with E-state index in [4.69, 9.17) is 9.84 Å². The molecule has 3 aliphatic rings. The molecule has 1 aromatic heterocycles. The van der Waals surface area contributed by atoms with E-state index in [1.807, 2.05) is 46.1 Å². The van der Waals surface area contributed by atoms with Crippen LogP contribution in [0, 0.1) is 5.92 Å². The van der Waals surface area contributed by atoms with Crippen molar-refractivity contribution >= 4 is 17.3 Å². The van der Waals surface area contributed by atoms with Gasteiger partial charge in [0.1, 0.15) is 11.4 Å². The molecule has 0 spiro atoms. The average Bonchev–Trinajstić information content (AvgIpc) is 3.61. The van der Waals surface area contributed by atoms with Crippen molar-refractivity contribution in [3.8, 4) is 17.2 Å². The molecule has 176 valence electrons. The maximum Gasteiger partial charge on any atom is 0.230 e. The molecule has 1 saturated heterocycles. The molecule has 7 heteroatoms. The summed E-state index contributed by atoms with van der Waals surface area (Å²) < 4.78 is 8.45. The van der Waals surface area contributed by atoms with Crippen LogP contribution in [-0.4, -0.2) is 47.9 Å². The van der Waals surface area contributed by atoms with Gasteiger partial charge in [-0.2, -0.15) is 5.10 Å². The van der Waals surface area contributed by atoms with Crippen molar-refractivity contribution in [3.63, 3.8) is 0 Å². The van der Waals surface area contributed by atoms with Crippen LogP contribution in [-0.2, 0) is 11.2 Å². The summed E-state index contributed by atoms with van der Waals surface area (Å²) >= 11 is 0. The summed E-state index contributed by atoms with van der Waals surface area (Å²) in [5, 5.41) is 8.12. The van der Waals surface area contributed by atoms with E-state index in [1.165, 1.54) is 0 Å².